The third-order valence-corrected chi connectivity index (χ3v) is 3.35. The lowest BCUT2D eigenvalue weighted by Gasteiger charge is -2.27. The molecule has 1 aliphatic rings. The van der Waals surface area contributed by atoms with Gasteiger partial charge in [-0.1, -0.05) is 6.07 Å². The number of benzene rings is 1. The van der Waals surface area contributed by atoms with Crippen LogP contribution in [-0.4, -0.2) is 49.1 Å². The van der Waals surface area contributed by atoms with Gasteiger partial charge in [-0.2, -0.15) is 4.39 Å². The number of nitro benzene ring substituents is 1. The molecule has 1 heterocycles. The third-order valence-electron chi connectivity index (χ3n) is 3.35. The minimum atomic E-state index is -0.804. The van der Waals surface area contributed by atoms with Gasteiger partial charge in [0.1, 0.15) is 5.69 Å². The Labute approximate surface area is 117 Å². The fraction of sp³-hybridized carbons (Fsp3) is 0.538. The fourth-order valence-electron chi connectivity index (χ4n) is 2.30. The molecule has 20 heavy (non-hydrogen) atoms. The highest BCUT2D eigenvalue weighted by molar-refractivity contribution is 5.61. The summed E-state index contributed by atoms with van der Waals surface area (Å²) >= 11 is 0. The van der Waals surface area contributed by atoms with Crippen LogP contribution in [0.3, 0.4) is 0 Å². The summed E-state index contributed by atoms with van der Waals surface area (Å²) in [5, 5.41) is 17.1. The van der Waals surface area contributed by atoms with Gasteiger partial charge < -0.3 is 15.5 Å². The molecule has 0 unspecified atom stereocenters. The zero-order valence-corrected chi connectivity index (χ0v) is 11.3. The smallest absolute Gasteiger partial charge is 0.327 e. The van der Waals surface area contributed by atoms with Crippen molar-refractivity contribution in [3.63, 3.8) is 0 Å². The van der Waals surface area contributed by atoms with E-state index in [4.69, 9.17) is 0 Å². The van der Waals surface area contributed by atoms with Crippen LogP contribution in [-0.2, 0) is 0 Å². The van der Waals surface area contributed by atoms with Crippen molar-refractivity contribution >= 4 is 11.4 Å². The minimum Gasteiger partial charge on any atom is -0.379 e. The van der Waals surface area contributed by atoms with Crippen LogP contribution in [0.5, 0.6) is 0 Å². The second-order valence-corrected chi connectivity index (χ2v) is 4.77. The van der Waals surface area contributed by atoms with Crippen molar-refractivity contribution in [3.8, 4) is 0 Å². The first-order chi connectivity index (χ1) is 9.68. The first-order valence-electron chi connectivity index (χ1n) is 6.78. The third kappa shape index (κ3) is 3.88. The van der Waals surface area contributed by atoms with Gasteiger partial charge in [-0.25, -0.2) is 0 Å². The van der Waals surface area contributed by atoms with Crippen LogP contribution in [0.1, 0.15) is 6.42 Å². The predicted molar refractivity (Wildman–Crippen MR) is 75.5 cm³/mol. The van der Waals surface area contributed by atoms with Gasteiger partial charge in [0, 0.05) is 32.7 Å². The van der Waals surface area contributed by atoms with Crippen LogP contribution in [0, 0.1) is 15.9 Å². The lowest BCUT2D eigenvalue weighted by Crippen LogP contribution is -2.44. The van der Waals surface area contributed by atoms with Crippen LogP contribution < -0.4 is 10.6 Å². The van der Waals surface area contributed by atoms with E-state index in [1.165, 1.54) is 12.1 Å². The molecule has 1 aliphatic heterocycles. The van der Waals surface area contributed by atoms with Crippen molar-refractivity contribution in [2.24, 2.45) is 0 Å². The van der Waals surface area contributed by atoms with Crippen molar-refractivity contribution in [1.29, 1.82) is 0 Å². The van der Waals surface area contributed by atoms with Crippen molar-refractivity contribution in [1.82, 2.24) is 10.2 Å². The Morgan fingerprint density at radius 1 is 1.40 bits per heavy atom. The molecule has 2 rings (SSSR count). The van der Waals surface area contributed by atoms with E-state index in [1.54, 1.807) is 0 Å². The molecular weight excluding hydrogens is 263 g/mol. The molecule has 0 aliphatic carbocycles. The molecule has 0 aromatic heterocycles. The van der Waals surface area contributed by atoms with Crippen molar-refractivity contribution in [3.05, 3.63) is 34.1 Å². The normalized spacial score (nSPS) is 16.1. The second kappa shape index (κ2) is 7.16. The summed E-state index contributed by atoms with van der Waals surface area (Å²) in [6.07, 6.45) is 0.869. The Morgan fingerprint density at radius 3 is 2.85 bits per heavy atom. The molecule has 6 nitrogen and oxygen atoms in total. The summed E-state index contributed by atoms with van der Waals surface area (Å²) in [7, 11) is 0. The molecule has 0 spiro atoms. The quantitative estimate of drug-likeness (QED) is 0.469. The average Bonchev–Trinajstić information content (AvgIpc) is 2.44. The summed E-state index contributed by atoms with van der Waals surface area (Å²) < 4.78 is 13.4. The lowest BCUT2D eigenvalue weighted by atomic mass is 10.2. The van der Waals surface area contributed by atoms with E-state index in [0.717, 1.165) is 45.2 Å². The number of rotatable bonds is 6. The van der Waals surface area contributed by atoms with E-state index in [-0.39, 0.29) is 5.69 Å². The highest BCUT2D eigenvalue weighted by Crippen LogP contribution is 2.26. The van der Waals surface area contributed by atoms with Gasteiger partial charge in [-0.15, -0.1) is 0 Å². The number of hydrogen-bond acceptors (Lipinski definition) is 5. The Hall–Kier alpha value is -1.73. The fourth-order valence-corrected chi connectivity index (χ4v) is 2.30. The van der Waals surface area contributed by atoms with E-state index in [9.17, 15) is 14.5 Å². The molecule has 110 valence electrons. The first-order valence-corrected chi connectivity index (χ1v) is 6.78. The molecule has 0 saturated carbocycles. The number of piperazine rings is 1. The predicted octanol–water partition coefficient (Wildman–Crippen LogP) is 1.44. The molecule has 1 aromatic rings. The minimum absolute atomic E-state index is 0.246. The number of anilines is 1. The first kappa shape index (κ1) is 14.7. The zero-order chi connectivity index (χ0) is 14.4. The van der Waals surface area contributed by atoms with E-state index in [0.29, 0.717) is 6.54 Å². The highest BCUT2D eigenvalue weighted by atomic mass is 19.1. The van der Waals surface area contributed by atoms with Crippen LogP contribution in [0.2, 0.25) is 0 Å². The monoisotopic (exact) mass is 282 g/mol. The largest absolute Gasteiger partial charge is 0.379 e. The Morgan fingerprint density at radius 2 is 2.15 bits per heavy atom. The summed E-state index contributed by atoms with van der Waals surface area (Å²) in [5.74, 6) is -0.804. The van der Waals surface area contributed by atoms with Crippen molar-refractivity contribution in [2.75, 3.05) is 44.6 Å². The van der Waals surface area contributed by atoms with Crippen molar-refractivity contribution in [2.45, 2.75) is 6.42 Å². The van der Waals surface area contributed by atoms with Crippen LogP contribution >= 0.6 is 0 Å². The molecule has 2 N–H and O–H groups in total. The topological polar surface area (TPSA) is 70.4 Å². The van der Waals surface area contributed by atoms with E-state index in [2.05, 4.69) is 15.5 Å². The maximum Gasteiger partial charge on any atom is 0.327 e. The van der Waals surface area contributed by atoms with Gasteiger partial charge in [0.2, 0.25) is 5.82 Å². The van der Waals surface area contributed by atoms with Gasteiger partial charge in [0.25, 0.3) is 0 Å². The lowest BCUT2D eigenvalue weighted by molar-refractivity contribution is -0.386. The molecule has 7 heteroatoms. The summed E-state index contributed by atoms with van der Waals surface area (Å²) in [5.41, 5.74) is -0.231. The number of nitro groups is 1. The van der Waals surface area contributed by atoms with Gasteiger partial charge in [0.05, 0.1) is 4.92 Å². The number of para-hydroxylation sites is 1. The van der Waals surface area contributed by atoms with Gasteiger partial charge >= 0.3 is 5.69 Å². The summed E-state index contributed by atoms with van der Waals surface area (Å²) in [6, 6.07) is 4.11. The molecule has 0 bridgehead atoms. The van der Waals surface area contributed by atoms with Crippen LogP contribution in [0.4, 0.5) is 15.8 Å². The summed E-state index contributed by atoms with van der Waals surface area (Å²) in [6.45, 7) is 5.60. The van der Waals surface area contributed by atoms with E-state index < -0.39 is 16.4 Å². The van der Waals surface area contributed by atoms with Crippen molar-refractivity contribution < 1.29 is 9.31 Å². The average molecular weight is 282 g/mol. The standard InChI is InChI=1S/C13H19FN4O2/c14-11-3-1-4-12(13(11)18(19)20)16-5-2-8-17-9-6-15-7-10-17/h1,3-4,15-16H,2,5-10H2. The van der Waals surface area contributed by atoms with Gasteiger partial charge in [-0.05, 0) is 25.1 Å². The number of halogens is 1. The van der Waals surface area contributed by atoms with E-state index in [1.807, 2.05) is 0 Å². The molecule has 1 saturated heterocycles. The number of hydrogen-bond donors (Lipinski definition) is 2. The molecule has 0 amide bonds. The molecule has 0 atom stereocenters. The van der Waals surface area contributed by atoms with Crippen LogP contribution in [0.25, 0.3) is 0 Å². The SMILES string of the molecule is O=[N+]([O-])c1c(F)cccc1NCCCN1CCNCC1. The molecule has 0 radical (unpaired) electrons. The number of nitrogens with zero attached hydrogens (tertiary/aromatic N) is 2. The Balaban J connectivity index is 1.82. The van der Waals surface area contributed by atoms with E-state index >= 15 is 0 Å². The zero-order valence-electron chi connectivity index (χ0n) is 11.3. The van der Waals surface area contributed by atoms with Crippen LogP contribution in [0.15, 0.2) is 18.2 Å². The van der Waals surface area contributed by atoms with Gasteiger partial charge in [0.15, 0.2) is 0 Å². The Kier molecular flexibility index (Phi) is 5.25. The van der Waals surface area contributed by atoms with Gasteiger partial charge in [-0.3, -0.25) is 10.1 Å². The maximum absolute atomic E-state index is 13.4. The number of nitrogens with one attached hydrogen (secondary N) is 2. The Bertz CT molecular complexity index is 464. The second-order valence-electron chi connectivity index (χ2n) is 4.77. The molecule has 1 fully saturated rings. The summed E-state index contributed by atoms with van der Waals surface area (Å²) in [4.78, 5) is 12.5. The molecule has 1 aromatic carbocycles. The maximum atomic E-state index is 13.4. The highest BCUT2D eigenvalue weighted by Gasteiger charge is 2.19. The molecular formula is C13H19FN4O2.